The van der Waals surface area contributed by atoms with Gasteiger partial charge in [0.05, 0.1) is 16.6 Å². The predicted molar refractivity (Wildman–Crippen MR) is 109 cm³/mol. The van der Waals surface area contributed by atoms with Gasteiger partial charge in [0.15, 0.2) is 0 Å². The lowest BCUT2D eigenvalue weighted by atomic mass is 10.2. The second kappa shape index (κ2) is 7.74. The second-order valence-corrected chi connectivity index (χ2v) is 6.76. The van der Waals surface area contributed by atoms with Crippen LogP contribution in [0.3, 0.4) is 0 Å². The molecule has 5 nitrogen and oxygen atoms in total. The molecule has 0 atom stereocenters. The molecule has 4 rings (SSSR count). The van der Waals surface area contributed by atoms with Crippen molar-refractivity contribution in [3.8, 4) is 17.1 Å². The van der Waals surface area contributed by atoms with Gasteiger partial charge in [0, 0.05) is 5.02 Å². The van der Waals surface area contributed by atoms with Crippen molar-refractivity contribution in [1.82, 2.24) is 9.55 Å². The van der Waals surface area contributed by atoms with Crippen molar-refractivity contribution in [2.45, 2.75) is 13.2 Å². The van der Waals surface area contributed by atoms with Crippen molar-refractivity contribution in [3.05, 3.63) is 83.4 Å². The van der Waals surface area contributed by atoms with Gasteiger partial charge in [0.1, 0.15) is 24.7 Å². The monoisotopic (exact) mass is 392 g/mol. The van der Waals surface area contributed by atoms with E-state index in [1.165, 1.54) is 0 Å². The summed E-state index contributed by atoms with van der Waals surface area (Å²) in [5.41, 5.74) is 3.19. The largest absolute Gasteiger partial charge is 0.488 e. The Bertz CT molecular complexity index is 1150. The van der Waals surface area contributed by atoms with Crippen LogP contribution in [-0.2, 0) is 17.9 Å². The van der Waals surface area contributed by atoms with Gasteiger partial charge in [-0.1, -0.05) is 48.0 Å². The first kappa shape index (κ1) is 18.1. The molecular formula is C22H17ClN2O3. The first-order valence-electron chi connectivity index (χ1n) is 8.75. The molecule has 0 aliphatic carbocycles. The van der Waals surface area contributed by atoms with Gasteiger partial charge in [-0.25, -0.2) is 4.98 Å². The molecule has 28 heavy (non-hydrogen) atoms. The molecule has 0 radical (unpaired) electrons. The van der Waals surface area contributed by atoms with Crippen molar-refractivity contribution in [2.75, 3.05) is 0 Å². The number of carboxylic acid groups (broad SMARTS) is 1. The van der Waals surface area contributed by atoms with Crippen LogP contribution in [0, 0.1) is 0 Å². The number of hydrogen-bond acceptors (Lipinski definition) is 3. The lowest BCUT2D eigenvalue weighted by Gasteiger charge is -2.13. The van der Waals surface area contributed by atoms with Gasteiger partial charge >= 0.3 is 5.97 Å². The first-order chi connectivity index (χ1) is 13.6. The van der Waals surface area contributed by atoms with E-state index in [2.05, 4.69) is 4.98 Å². The van der Waals surface area contributed by atoms with Crippen LogP contribution in [-0.4, -0.2) is 20.6 Å². The van der Waals surface area contributed by atoms with Gasteiger partial charge in [-0.15, -0.1) is 0 Å². The van der Waals surface area contributed by atoms with Crippen LogP contribution in [0.5, 0.6) is 5.75 Å². The van der Waals surface area contributed by atoms with E-state index in [4.69, 9.17) is 16.3 Å². The minimum Gasteiger partial charge on any atom is -0.488 e. The van der Waals surface area contributed by atoms with Crippen molar-refractivity contribution < 1.29 is 14.6 Å². The summed E-state index contributed by atoms with van der Waals surface area (Å²) >= 11 is 6.04. The molecule has 0 saturated heterocycles. The maximum absolute atomic E-state index is 11.4. The highest BCUT2D eigenvalue weighted by atomic mass is 35.5. The van der Waals surface area contributed by atoms with Crippen LogP contribution in [0.2, 0.25) is 5.02 Å². The highest BCUT2D eigenvalue weighted by molar-refractivity contribution is 6.30. The van der Waals surface area contributed by atoms with Crippen molar-refractivity contribution >= 4 is 28.6 Å². The fourth-order valence-corrected chi connectivity index (χ4v) is 3.35. The van der Waals surface area contributed by atoms with E-state index >= 15 is 0 Å². The third-order valence-electron chi connectivity index (χ3n) is 4.36. The van der Waals surface area contributed by atoms with E-state index < -0.39 is 5.97 Å². The zero-order valence-corrected chi connectivity index (χ0v) is 15.6. The van der Waals surface area contributed by atoms with E-state index in [9.17, 15) is 9.90 Å². The molecule has 0 amide bonds. The molecule has 3 aromatic carbocycles. The lowest BCUT2D eigenvalue weighted by Crippen LogP contribution is -2.10. The fourth-order valence-electron chi connectivity index (χ4n) is 3.14. The Morgan fingerprint density at radius 2 is 1.82 bits per heavy atom. The summed E-state index contributed by atoms with van der Waals surface area (Å²) in [7, 11) is 0. The van der Waals surface area contributed by atoms with Gasteiger partial charge in [0.25, 0.3) is 0 Å². The molecule has 0 unspecified atom stereocenters. The van der Waals surface area contributed by atoms with Gasteiger partial charge in [-0.3, -0.25) is 4.79 Å². The molecule has 0 spiro atoms. The number of aromatic nitrogens is 2. The molecule has 140 valence electrons. The zero-order valence-electron chi connectivity index (χ0n) is 14.9. The number of hydrogen-bond donors (Lipinski definition) is 1. The minimum atomic E-state index is -0.929. The number of benzene rings is 3. The molecule has 1 aromatic heterocycles. The maximum atomic E-state index is 11.4. The van der Waals surface area contributed by atoms with Crippen LogP contribution in [0.15, 0.2) is 72.8 Å². The molecule has 1 heterocycles. The predicted octanol–water partition coefficient (Wildman–Crippen LogP) is 5.02. The van der Waals surface area contributed by atoms with Crippen LogP contribution in [0.1, 0.15) is 5.56 Å². The summed E-state index contributed by atoms with van der Waals surface area (Å²) in [6.45, 7) is 0.162. The molecule has 1 N–H and O–H groups in total. The van der Waals surface area contributed by atoms with Gasteiger partial charge in [-0.2, -0.15) is 0 Å². The highest BCUT2D eigenvalue weighted by Crippen LogP contribution is 2.32. The maximum Gasteiger partial charge on any atom is 0.323 e. The molecular weight excluding hydrogens is 376 g/mol. The Labute approximate surface area is 166 Å². The number of fused-ring (bicyclic) bond motifs is 1. The Kier molecular flexibility index (Phi) is 5.00. The van der Waals surface area contributed by atoms with Crippen molar-refractivity contribution in [1.29, 1.82) is 0 Å². The Morgan fingerprint density at radius 3 is 2.64 bits per heavy atom. The second-order valence-electron chi connectivity index (χ2n) is 6.32. The molecule has 4 aromatic rings. The SMILES string of the molecule is O=C(O)Cn1c(-c2ccccc2OCc2cccc(Cl)c2)nc2ccccc21. The summed E-state index contributed by atoms with van der Waals surface area (Å²) in [5, 5.41) is 10.0. The number of ether oxygens (including phenoxy) is 1. The van der Waals surface area contributed by atoms with E-state index in [0.717, 1.165) is 22.2 Å². The quantitative estimate of drug-likeness (QED) is 0.500. The van der Waals surface area contributed by atoms with Crippen molar-refractivity contribution in [2.24, 2.45) is 0 Å². The topological polar surface area (TPSA) is 64.3 Å². The van der Waals surface area contributed by atoms with Gasteiger partial charge in [0.2, 0.25) is 0 Å². The summed E-state index contributed by atoms with van der Waals surface area (Å²) in [4.78, 5) is 16.1. The number of imidazole rings is 1. The van der Waals surface area contributed by atoms with E-state index in [1.54, 1.807) is 4.57 Å². The van der Waals surface area contributed by atoms with Crippen molar-refractivity contribution in [3.63, 3.8) is 0 Å². The number of halogens is 1. The summed E-state index contributed by atoms with van der Waals surface area (Å²) in [5.74, 6) is 0.261. The number of carbonyl (C=O) groups is 1. The van der Waals surface area contributed by atoms with Crippen LogP contribution in [0.25, 0.3) is 22.4 Å². The molecule has 0 bridgehead atoms. The van der Waals surface area contributed by atoms with E-state index in [-0.39, 0.29) is 6.54 Å². The number of rotatable bonds is 6. The minimum absolute atomic E-state index is 0.182. The molecule has 0 aliphatic heterocycles. The van der Waals surface area contributed by atoms with E-state index in [0.29, 0.717) is 23.2 Å². The van der Waals surface area contributed by atoms with Crippen LogP contribution in [0.4, 0.5) is 0 Å². The third-order valence-corrected chi connectivity index (χ3v) is 4.59. The third kappa shape index (κ3) is 3.70. The number of aliphatic carboxylic acids is 1. The average Bonchev–Trinajstić information content (AvgIpc) is 3.04. The first-order valence-corrected chi connectivity index (χ1v) is 9.13. The number of para-hydroxylation sites is 3. The smallest absolute Gasteiger partial charge is 0.323 e. The van der Waals surface area contributed by atoms with Crippen LogP contribution < -0.4 is 4.74 Å². The van der Waals surface area contributed by atoms with Gasteiger partial charge < -0.3 is 14.4 Å². The van der Waals surface area contributed by atoms with Gasteiger partial charge in [-0.05, 0) is 42.0 Å². The summed E-state index contributed by atoms with van der Waals surface area (Å²) in [6.07, 6.45) is 0. The average molecular weight is 393 g/mol. The zero-order chi connectivity index (χ0) is 19.5. The fraction of sp³-hybridized carbons (Fsp3) is 0.0909. The highest BCUT2D eigenvalue weighted by Gasteiger charge is 2.17. The Balaban J connectivity index is 1.75. The molecule has 0 fully saturated rings. The Hall–Kier alpha value is -3.31. The molecule has 0 aliphatic rings. The Morgan fingerprint density at radius 1 is 1.04 bits per heavy atom. The molecule has 6 heteroatoms. The standard InChI is InChI=1S/C22H17ClN2O3/c23-16-7-5-6-15(12-16)14-28-20-11-4-1-8-17(20)22-24-18-9-2-3-10-19(18)25(22)13-21(26)27/h1-12H,13-14H2,(H,26,27). The molecule has 0 saturated carbocycles. The number of carboxylic acids is 1. The van der Waals surface area contributed by atoms with Crippen LogP contribution >= 0.6 is 11.6 Å². The summed E-state index contributed by atoms with van der Waals surface area (Å²) < 4.78 is 7.72. The number of nitrogens with zero attached hydrogens (tertiary/aromatic N) is 2. The summed E-state index contributed by atoms with van der Waals surface area (Å²) in [6, 6.07) is 22.4. The lowest BCUT2D eigenvalue weighted by molar-refractivity contribution is -0.137. The van der Waals surface area contributed by atoms with E-state index in [1.807, 2.05) is 72.8 Å². The normalized spacial score (nSPS) is 10.9.